The fourth-order valence-corrected chi connectivity index (χ4v) is 4.42. The van der Waals surface area contributed by atoms with E-state index in [2.05, 4.69) is 21.4 Å². The molecule has 2 fully saturated rings. The number of likely N-dealkylation sites (N-methyl/N-ethyl adjacent to an activating group) is 1. The summed E-state index contributed by atoms with van der Waals surface area (Å²) in [5, 5.41) is 0.363. The second-order valence-electron chi connectivity index (χ2n) is 9.23. The minimum atomic E-state index is -0.372. The summed E-state index contributed by atoms with van der Waals surface area (Å²) in [7, 11) is 2.07. The number of ketones is 1. The Morgan fingerprint density at radius 3 is 2.42 bits per heavy atom. The van der Waals surface area contributed by atoms with Gasteiger partial charge in [0, 0.05) is 54.9 Å². The van der Waals surface area contributed by atoms with Crippen LogP contribution < -0.4 is 10.3 Å². The molecule has 5 rings (SSSR count). The first-order valence-electron chi connectivity index (χ1n) is 11.5. The van der Waals surface area contributed by atoms with Crippen LogP contribution in [-0.2, 0) is 0 Å². The van der Waals surface area contributed by atoms with E-state index in [9.17, 15) is 9.59 Å². The van der Waals surface area contributed by atoms with E-state index in [1.54, 1.807) is 18.2 Å². The van der Waals surface area contributed by atoms with E-state index in [1.165, 1.54) is 12.1 Å². The quantitative estimate of drug-likeness (QED) is 0.431. The summed E-state index contributed by atoms with van der Waals surface area (Å²) in [5.41, 5.74) is 3.13. The van der Waals surface area contributed by atoms with Crippen LogP contribution in [0.4, 0.5) is 10.1 Å². The number of nitrogens with zero attached hydrogens (tertiary/aromatic N) is 3. The summed E-state index contributed by atoms with van der Waals surface area (Å²) >= 11 is 0. The summed E-state index contributed by atoms with van der Waals surface area (Å²) in [6.45, 7) is 5.24. The number of pyridine rings is 1. The maximum atomic E-state index is 15.2. The predicted octanol–water partition coefficient (Wildman–Crippen LogP) is 4.43. The topological polar surface area (TPSA) is 45.6 Å². The summed E-state index contributed by atoms with van der Waals surface area (Å²) in [4.78, 5) is 30.1. The van der Waals surface area contributed by atoms with E-state index in [4.69, 9.17) is 0 Å². The molecule has 1 aliphatic carbocycles. The third-order valence-electron chi connectivity index (χ3n) is 6.66. The van der Waals surface area contributed by atoms with Gasteiger partial charge in [0.2, 0.25) is 0 Å². The molecule has 0 atom stereocenters. The zero-order chi connectivity index (χ0) is 23.1. The first kappa shape index (κ1) is 21.6. The molecule has 0 spiro atoms. The molecule has 170 valence electrons. The summed E-state index contributed by atoms with van der Waals surface area (Å²) in [6.07, 6.45) is 6.89. The second kappa shape index (κ2) is 8.60. The fraction of sp³-hybridized carbons (Fsp3) is 0.333. The van der Waals surface area contributed by atoms with Gasteiger partial charge in [-0.1, -0.05) is 29.8 Å². The van der Waals surface area contributed by atoms with Crippen molar-refractivity contribution in [3.8, 4) is 0 Å². The van der Waals surface area contributed by atoms with Crippen LogP contribution in [0.2, 0.25) is 0 Å². The molecule has 0 amide bonds. The van der Waals surface area contributed by atoms with Crippen molar-refractivity contribution in [3.63, 3.8) is 0 Å². The number of carbonyl (C=O) groups is 1. The molecule has 1 saturated carbocycles. The van der Waals surface area contributed by atoms with Crippen LogP contribution in [0.25, 0.3) is 17.0 Å². The van der Waals surface area contributed by atoms with E-state index in [1.807, 2.05) is 31.3 Å². The molecule has 5 nitrogen and oxygen atoms in total. The molecule has 2 heterocycles. The van der Waals surface area contributed by atoms with Gasteiger partial charge in [-0.05, 0) is 51.1 Å². The summed E-state index contributed by atoms with van der Waals surface area (Å²) in [6, 6.07) is 10.8. The molecule has 1 aliphatic heterocycles. The van der Waals surface area contributed by atoms with Gasteiger partial charge in [0.1, 0.15) is 5.82 Å². The third-order valence-corrected chi connectivity index (χ3v) is 6.66. The second-order valence-corrected chi connectivity index (χ2v) is 9.23. The number of carbonyl (C=O) groups excluding carboxylic acids is 1. The maximum absolute atomic E-state index is 15.2. The number of fused-ring (bicyclic) bond motifs is 1. The average molecular weight is 446 g/mol. The number of aromatic nitrogens is 1. The van der Waals surface area contributed by atoms with E-state index < -0.39 is 0 Å². The number of hydrogen-bond donors (Lipinski definition) is 0. The number of benzene rings is 2. The Kier molecular flexibility index (Phi) is 5.62. The Hall–Kier alpha value is -3.25. The maximum Gasteiger partial charge on any atom is 0.196 e. The molecule has 0 unspecified atom stereocenters. The lowest BCUT2D eigenvalue weighted by Crippen LogP contribution is -2.44. The molecule has 1 saturated heterocycles. The minimum Gasteiger partial charge on any atom is -0.367 e. The highest BCUT2D eigenvalue weighted by atomic mass is 19.1. The number of aryl methyl sites for hydroxylation is 1. The molecule has 6 heteroatoms. The van der Waals surface area contributed by atoms with Gasteiger partial charge in [-0.25, -0.2) is 4.39 Å². The monoisotopic (exact) mass is 445 g/mol. The molecule has 3 aromatic rings. The number of rotatable bonds is 5. The normalized spacial score (nSPS) is 17.2. The van der Waals surface area contributed by atoms with Crippen LogP contribution in [0.5, 0.6) is 0 Å². The van der Waals surface area contributed by atoms with Crippen molar-refractivity contribution in [1.82, 2.24) is 9.47 Å². The Balaban J connectivity index is 1.54. The van der Waals surface area contributed by atoms with Gasteiger partial charge in [-0.3, -0.25) is 9.59 Å². The molecule has 2 aromatic carbocycles. The first-order valence-corrected chi connectivity index (χ1v) is 11.5. The largest absolute Gasteiger partial charge is 0.367 e. The zero-order valence-electron chi connectivity index (χ0n) is 19.1. The van der Waals surface area contributed by atoms with Crippen LogP contribution in [-0.4, -0.2) is 48.5 Å². The third kappa shape index (κ3) is 4.35. The summed E-state index contributed by atoms with van der Waals surface area (Å²) < 4.78 is 17.2. The van der Waals surface area contributed by atoms with Crippen molar-refractivity contribution in [3.05, 3.63) is 81.4 Å². The van der Waals surface area contributed by atoms with Crippen molar-refractivity contribution in [2.75, 3.05) is 38.1 Å². The molecule has 0 bridgehead atoms. The van der Waals surface area contributed by atoms with Crippen molar-refractivity contribution < 1.29 is 9.18 Å². The van der Waals surface area contributed by atoms with Gasteiger partial charge < -0.3 is 14.4 Å². The lowest BCUT2D eigenvalue weighted by atomic mass is 10.1. The highest BCUT2D eigenvalue weighted by Gasteiger charge is 2.27. The zero-order valence-corrected chi connectivity index (χ0v) is 19.1. The smallest absolute Gasteiger partial charge is 0.196 e. The molecule has 33 heavy (non-hydrogen) atoms. The van der Waals surface area contributed by atoms with E-state index in [-0.39, 0.29) is 17.0 Å². The Bertz CT molecular complexity index is 1300. The van der Waals surface area contributed by atoms with Crippen molar-refractivity contribution in [1.29, 1.82) is 0 Å². The molecular formula is C27H28FN3O2. The number of piperazine rings is 1. The van der Waals surface area contributed by atoms with Crippen molar-refractivity contribution in [2.24, 2.45) is 0 Å². The number of allylic oxidation sites excluding steroid dienone is 1. The van der Waals surface area contributed by atoms with Crippen molar-refractivity contribution >= 4 is 28.4 Å². The fourth-order valence-electron chi connectivity index (χ4n) is 4.42. The lowest BCUT2D eigenvalue weighted by molar-refractivity contribution is 0.104. The Labute approximate surface area is 192 Å². The molecule has 0 N–H and O–H groups in total. The predicted molar refractivity (Wildman–Crippen MR) is 131 cm³/mol. The number of halogens is 1. The van der Waals surface area contributed by atoms with E-state index in [0.717, 1.165) is 50.1 Å². The highest BCUT2D eigenvalue weighted by Crippen LogP contribution is 2.38. The van der Waals surface area contributed by atoms with Gasteiger partial charge in [-0.15, -0.1) is 0 Å². The molecule has 0 radical (unpaired) electrons. The molecule has 1 aromatic heterocycles. The number of anilines is 1. The van der Waals surface area contributed by atoms with Crippen LogP contribution in [0.3, 0.4) is 0 Å². The minimum absolute atomic E-state index is 0.163. The van der Waals surface area contributed by atoms with Crippen LogP contribution in [0.1, 0.15) is 40.4 Å². The molecular weight excluding hydrogens is 417 g/mol. The van der Waals surface area contributed by atoms with Crippen molar-refractivity contribution in [2.45, 2.75) is 25.8 Å². The van der Waals surface area contributed by atoms with Gasteiger partial charge in [-0.2, -0.15) is 0 Å². The van der Waals surface area contributed by atoms with Gasteiger partial charge in [0.25, 0.3) is 0 Å². The number of hydrogen-bond acceptors (Lipinski definition) is 4. The van der Waals surface area contributed by atoms with Gasteiger partial charge in [0.05, 0.1) is 11.2 Å². The van der Waals surface area contributed by atoms with Gasteiger partial charge >= 0.3 is 0 Å². The summed E-state index contributed by atoms with van der Waals surface area (Å²) in [5.74, 6) is -0.535. The average Bonchev–Trinajstić information content (AvgIpc) is 3.65. The lowest BCUT2D eigenvalue weighted by Gasteiger charge is -2.34. The Morgan fingerprint density at radius 1 is 1.06 bits per heavy atom. The SMILES string of the molecule is Cc1ccc(C(=O)/C=C/c2cn(C3CC3)c3cc(N4CCN(C)CC4)c(F)cc3c2=O)cc1. The Morgan fingerprint density at radius 2 is 1.76 bits per heavy atom. The van der Waals surface area contributed by atoms with E-state index >= 15 is 4.39 Å². The van der Waals surface area contributed by atoms with Gasteiger partial charge in [0.15, 0.2) is 11.2 Å². The van der Waals surface area contributed by atoms with Crippen LogP contribution >= 0.6 is 0 Å². The highest BCUT2D eigenvalue weighted by molar-refractivity contribution is 6.07. The van der Waals surface area contributed by atoms with Crippen LogP contribution in [0, 0.1) is 12.7 Å². The standard InChI is InChI=1S/C27H28FN3O2/c1-18-3-5-19(6-4-18)26(32)10-7-20-17-31(21-8-9-21)24-16-25(23(28)15-22(24)27(20)33)30-13-11-29(2)12-14-30/h3-7,10,15-17,21H,8-9,11-14H2,1-2H3/b10-7+. The first-order chi connectivity index (χ1) is 15.9. The molecule has 2 aliphatic rings. The van der Waals surface area contributed by atoms with Crippen LogP contribution in [0.15, 0.2) is 53.5 Å². The van der Waals surface area contributed by atoms with E-state index in [0.29, 0.717) is 28.2 Å².